The molecule has 0 amide bonds. The predicted molar refractivity (Wildman–Crippen MR) is 113 cm³/mol. The normalized spacial score (nSPS) is 12.0. The van der Waals surface area contributed by atoms with Crippen LogP contribution in [0, 0.1) is 0 Å². The Morgan fingerprint density at radius 2 is 1.79 bits per heavy atom. The molecule has 2 aromatic carbocycles. The fourth-order valence-electron chi connectivity index (χ4n) is 2.63. The SMILES string of the molecule is OC(CNCc1cccnc1)COc1ccccc1/C=N/OCc1ccccc1. The molecule has 0 aliphatic rings. The Kier molecular flexibility index (Phi) is 8.19. The topological polar surface area (TPSA) is 76.0 Å². The number of pyridine rings is 1. The maximum absolute atomic E-state index is 10.2. The Morgan fingerprint density at radius 3 is 2.62 bits per heavy atom. The highest BCUT2D eigenvalue weighted by molar-refractivity contribution is 5.83. The van der Waals surface area contributed by atoms with E-state index < -0.39 is 6.10 Å². The second-order valence-corrected chi connectivity index (χ2v) is 6.49. The summed E-state index contributed by atoms with van der Waals surface area (Å²) in [6.45, 7) is 1.65. The van der Waals surface area contributed by atoms with Crippen molar-refractivity contribution in [2.75, 3.05) is 13.2 Å². The molecule has 150 valence electrons. The second kappa shape index (κ2) is 11.6. The zero-order chi connectivity index (χ0) is 20.2. The summed E-state index contributed by atoms with van der Waals surface area (Å²) in [6, 6.07) is 21.2. The molecule has 3 aromatic rings. The molecule has 0 saturated heterocycles. The lowest BCUT2D eigenvalue weighted by Gasteiger charge is -2.14. The van der Waals surface area contributed by atoms with Gasteiger partial charge >= 0.3 is 0 Å². The van der Waals surface area contributed by atoms with Crippen molar-refractivity contribution in [1.29, 1.82) is 0 Å². The molecule has 1 aromatic heterocycles. The monoisotopic (exact) mass is 391 g/mol. The molecular formula is C23H25N3O3. The molecule has 0 aliphatic heterocycles. The van der Waals surface area contributed by atoms with E-state index in [1.165, 1.54) is 0 Å². The molecule has 0 fully saturated rings. The third-order valence-electron chi connectivity index (χ3n) is 4.12. The van der Waals surface area contributed by atoms with Crippen LogP contribution in [0.3, 0.4) is 0 Å². The van der Waals surface area contributed by atoms with E-state index in [1.807, 2.05) is 66.7 Å². The van der Waals surface area contributed by atoms with Crippen molar-refractivity contribution in [2.45, 2.75) is 19.3 Å². The van der Waals surface area contributed by atoms with Crippen LogP contribution in [0.1, 0.15) is 16.7 Å². The molecular weight excluding hydrogens is 366 g/mol. The van der Waals surface area contributed by atoms with Gasteiger partial charge in [0, 0.05) is 31.0 Å². The number of aromatic nitrogens is 1. The highest BCUT2D eigenvalue weighted by atomic mass is 16.6. The number of ether oxygens (including phenoxy) is 1. The number of aliphatic hydroxyl groups excluding tert-OH is 1. The number of nitrogens with zero attached hydrogens (tertiary/aromatic N) is 2. The van der Waals surface area contributed by atoms with Crippen molar-refractivity contribution in [3.63, 3.8) is 0 Å². The van der Waals surface area contributed by atoms with Gasteiger partial charge in [0.05, 0.1) is 6.21 Å². The summed E-state index contributed by atoms with van der Waals surface area (Å²) in [5, 5.41) is 17.4. The number of oxime groups is 1. The lowest BCUT2D eigenvalue weighted by molar-refractivity contribution is 0.106. The maximum atomic E-state index is 10.2. The summed E-state index contributed by atoms with van der Waals surface area (Å²) < 4.78 is 5.77. The number of hydrogen-bond acceptors (Lipinski definition) is 6. The van der Waals surface area contributed by atoms with Crippen LogP contribution in [0.4, 0.5) is 0 Å². The van der Waals surface area contributed by atoms with Gasteiger partial charge in [0.25, 0.3) is 0 Å². The number of rotatable bonds is 11. The zero-order valence-electron chi connectivity index (χ0n) is 16.1. The van der Waals surface area contributed by atoms with Crippen molar-refractivity contribution in [2.24, 2.45) is 5.16 Å². The van der Waals surface area contributed by atoms with Crippen molar-refractivity contribution in [1.82, 2.24) is 10.3 Å². The highest BCUT2D eigenvalue weighted by Gasteiger charge is 2.07. The summed E-state index contributed by atoms with van der Waals surface area (Å²) in [4.78, 5) is 9.41. The fraction of sp³-hybridized carbons (Fsp3) is 0.217. The van der Waals surface area contributed by atoms with E-state index in [0.717, 1.165) is 16.7 Å². The Morgan fingerprint density at radius 1 is 1.00 bits per heavy atom. The predicted octanol–water partition coefficient (Wildman–Crippen LogP) is 3.16. The average Bonchev–Trinajstić information content (AvgIpc) is 2.77. The lowest BCUT2D eigenvalue weighted by atomic mass is 10.2. The molecule has 1 heterocycles. The van der Waals surface area contributed by atoms with E-state index in [9.17, 15) is 5.11 Å². The van der Waals surface area contributed by atoms with Gasteiger partial charge in [-0.15, -0.1) is 0 Å². The fourth-order valence-corrected chi connectivity index (χ4v) is 2.63. The molecule has 0 spiro atoms. The first-order valence-corrected chi connectivity index (χ1v) is 9.50. The maximum Gasteiger partial charge on any atom is 0.142 e. The van der Waals surface area contributed by atoms with Gasteiger partial charge in [-0.1, -0.05) is 53.7 Å². The molecule has 0 saturated carbocycles. The van der Waals surface area contributed by atoms with Gasteiger partial charge in [-0.3, -0.25) is 4.98 Å². The van der Waals surface area contributed by atoms with Crippen molar-refractivity contribution < 1.29 is 14.7 Å². The first-order valence-electron chi connectivity index (χ1n) is 9.50. The van der Waals surface area contributed by atoms with E-state index >= 15 is 0 Å². The molecule has 0 radical (unpaired) electrons. The van der Waals surface area contributed by atoms with Crippen LogP contribution in [0.15, 0.2) is 84.3 Å². The number of nitrogens with one attached hydrogen (secondary N) is 1. The minimum absolute atomic E-state index is 0.176. The lowest BCUT2D eigenvalue weighted by Crippen LogP contribution is -2.31. The number of aliphatic hydroxyl groups is 1. The minimum Gasteiger partial charge on any atom is -0.490 e. The molecule has 6 heteroatoms. The largest absolute Gasteiger partial charge is 0.490 e. The van der Waals surface area contributed by atoms with Crippen LogP contribution in [0.2, 0.25) is 0 Å². The average molecular weight is 391 g/mol. The Hall–Kier alpha value is -3.22. The summed E-state index contributed by atoms with van der Waals surface area (Å²) in [7, 11) is 0. The van der Waals surface area contributed by atoms with E-state index in [0.29, 0.717) is 25.4 Å². The molecule has 1 unspecified atom stereocenters. The summed E-state index contributed by atoms with van der Waals surface area (Å²) >= 11 is 0. The molecule has 2 N–H and O–H groups in total. The molecule has 6 nitrogen and oxygen atoms in total. The molecule has 1 atom stereocenters. The zero-order valence-corrected chi connectivity index (χ0v) is 16.1. The molecule has 29 heavy (non-hydrogen) atoms. The number of hydrogen-bond donors (Lipinski definition) is 2. The van der Waals surface area contributed by atoms with E-state index in [1.54, 1.807) is 18.6 Å². The first kappa shape index (κ1) is 20.5. The van der Waals surface area contributed by atoms with Gasteiger partial charge in [-0.25, -0.2) is 0 Å². The van der Waals surface area contributed by atoms with E-state index in [2.05, 4.69) is 15.5 Å². The first-order chi connectivity index (χ1) is 14.3. The van der Waals surface area contributed by atoms with Crippen LogP contribution in [-0.4, -0.2) is 35.6 Å². The Bertz CT molecular complexity index is 873. The highest BCUT2D eigenvalue weighted by Crippen LogP contribution is 2.16. The van der Waals surface area contributed by atoms with Crippen LogP contribution in [-0.2, 0) is 18.0 Å². The van der Waals surface area contributed by atoms with Crippen LogP contribution in [0.25, 0.3) is 0 Å². The van der Waals surface area contributed by atoms with Crippen LogP contribution < -0.4 is 10.1 Å². The molecule has 0 bridgehead atoms. The standard InChI is InChI=1S/C23H25N3O3/c27-22(16-25-14-20-9-6-12-24-13-20)18-28-23-11-5-4-10-21(23)15-26-29-17-19-7-2-1-3-8-19/h1-13,15,22,25,27H,14,16-18H2/b26-15+. The minimum atomic E-state index is -0.633. The Balaban J connectivity index is 1.42. The number of benzene rings is 2. The second-order valence-electron chi connectivity index (χ2n) is 6.49. The summed E-state index contributed by atoms with van der Waals surface area (Å²) in [5.74, 6) is 0.644. The summed E-state index contributed by atoms with van der Waals surface area (Å²) in [5.41, 5.74) is 2.91. The van der Waals surface area contributed by atoms with E-state index in [-0.39, 0.29) is 6.61 Å². The van der Waals surface area contributed by atoms with Gasteiger partial charge in [0.1, 0.15) is 25.1 Å². The van der Waals surface area contributed by atoms with Gasteiger partial charge in [0.2, 0.25) is 0 Å². The van der Waals surface area contributed by atoms with Crippen LogP contribution in [0.5, 0.6) is 5.75 Å². The third-order valence-corrected chi connectivity index (χ3v) is 4.12. The Labute approximate surface area is 170 Å². The van der Waals surface area contributed by atoms with Gasteiger partial charge in [-0.2, -0.15) is 0 Å². The van der Waals surface area contributed by atoms with Crippen molar-refractivity contribution in [3.8, 4) is 5.75 Å². The summed E-state index contributed by atoms with van der Waals surface area (Å²) in [6.07, 6.45) is 4.52. The smallest absolute Gasteiger partial charge is 0.142 e. The molecule has 3 rings (SSSR count). The van der Waals surface area contributed by atoms with Crippen molar-refractivity contribution >= 4 is 6.21 Å². The quantitative estimate of drug-likeness (QED) is 0.388. The molecule has 0 aliphatic carbocycles. The van der Waals surface area contributed by atoms with Gasteiger partial charge < -0.3 is 20.0 Å². The number of para-hydroxylation sites is 1. The van der Waals surface area contributed by atoms with Gasteiger partial charge in [0.15, 0.2) is 0 Å². The van der Waals surface area contributed by atoms with Gasteiger partial charge in [-0.05, 0) is 29.3 Å². The van der Waals surface area contributed by atoms with E-state index in [4.69, 9.17) is 9.57 Å². The van der Waals surface area contributed by atoms with Crippen LogP contribution >= 0.6 is 0 Å². The third kappa shape index (κ3) is 7.37. The van der Waals surface area contributed by atoms with Crippen molar-refractivity contribution in [3.05, 3.63) is 95.8 Å².